The van der Waals surface area contributed by atoms with Gasteiger partial charge in [0.1, 0.15) is 23.7 Å². The van der Waals surface area contributed by atoms with Crippen molar-refractivity contribution < 1.29 is 31.6 Å². The van der Waals surface area contributed by atoms with Crippen LogP contribution in [0, 0.1) is 11.6 Å². The van der Waals surface area contributed by atoms with Crippen molar-refractivity contribution in [2.75, 3.05) is 18.1 Å². The fourth-order valence-corrected chi connectivity index (χ4v) is 4.90. The molecule has 0 aromatic heterocycles. The van der Waals surface area contributed by atoms with Gasteiger partial charge in [-0.3, -0.25) is 14.5 Å². The topological polar surface area (TPSA) is 113 Å². The molecule has 1 aromatic carbocycles. The second kappa shape index (κ2) is 6.55. The molecule has 2 fully saturated rings. The highest BCUT2D eigenvalue weighted by atomic mass is 32.2. The molecule has 0 aliphatic carbocycles. The molecule has 2 saturated heterocycles. The lowest BCUT2D eigenvalue weighted by Gasteiger charge is -2.23. The molecule has 2 heterocycles. The zero-order valence-electron chi connectivity index (χ0n) is 14.3. The molecule has 4 amide bonds. The number of hydrogen-bond donors (Lipinski definition) is 2. The van der Waals surface area contributed by atoms with Crippen LogP contribution in [0.5, 0.6) is 0 Å². The smallest absolute Gasteiger partial charge is 0.325 e. The predicted octanol–water partition coefficient (Wildman–Crippen LogP) is 0.0351. The summed E-state index contributed by atoms with van der Waals surface area (Å²) in [6.45, 7) is 0.556. The number of carbonyl (C=O) groups excluding carboxylic acids is 3. The number of rotatable bonds is 4. The number of carbonyl (C=O) groups is 3. The SMILES string of the molecule is C[C@]1(c2cc(F)ccc2F)NC(=O)N(CC(=O)N[C@@H]2CCS(=O)(=O)C2)C1=O. The number of halogens is 2. The minimum atomic E-state index is -3.21. The van der Waals surface area contributed by atoms with Crippen molar-refractivity contribution in [1.29, 1.82) is 0 Å². The highest BCUT2D eigenvalue weighted by molar-refractivity contribution is 7.91. The Bertz CT molecular complexity index is 936. The maximum absolute atomic E-state index is 14.1. The van der Waals surface area contributed by atoms with Gasteiger partial charge in [-0.2, -0.15) is 0 Å². The number of amides is 4. The molecule has 1 aromatic rings. The van der Waals surface area contributed by atoms with Crippen molar-refractivity contribution in [2.24, 2.45) is 0 Å². The number of urea groups is 1. The van der Waals surface area contributed by atoms with Crippen LogP contribution in [0.3, 0.4) is 0 Å². The van der Waals surface area contributed by atoms with E-state index in [1.165, 1.54) is 6.92 Å². The molecule has 11 heteroatoms. The van der Waals surface area contributed by atoms with Gasteiger partial charge in [-0.05, 0) is 31.5 Å². The maximum atomic E-state index is 14.1. The Morgan fingerprint density at radius 3 is 2.70 bits per heavy atom. The number of imide groups is 1. The van der Waals surface area contributed by atoms with Crippen molar-refractivity contribution >= 4 is 27.7 Å². The first-order valence-electron chi connectivity index (χ1n) is 8.11. The maximum Gasteiger partial charge on any atom is 0.325 e. The highest BCUT2D eigenvalue weighted by Gasteiger charge is 2.51. The van der Waals surface area contributed by atoms with Gasteiger partial charge in [0.2, 0.25) is 5.91 Å². The van der Waals surface area contributed by atoms with Crippen molar-refractivity contribution in [2.45, 2.75) is 24.9 Å². The molecule has 0 bridgehead atoms. The van der Waals surface area contributed by atoms with Gasteiger partial charge in [0.05, 0.1) is 11.5 Å². The van der Waals surface area contributed by atoms with E-state index in [1.807, 2.05) is 0 Å². The lowest BCUT2D eigenvalue weighted by molar-refractivity contribution is -0.135. The number of benzene rings is 1. The summed E-state index contributed by atoms with van der Waals surface area (Å²) in [4.78, 5) is 37.5. The van der Waals surface area contributed by atoms with Crippen LogP contribution in [0.2, 0.25) is 0 Å². The summed E-state index contributed by atoms with van der Waals surface area (Å²) in [6.07, 6.45) is 0.250. The molecule has 8 nitrogen and oxygen atoms in total. The summed E-state index contributed by atoms with van der Waals surface area (Å²) in [7, 11) is -3.21. The van der Waals surface area contributed by atoms with Gasteiger partial charge in [0, 0.05) is 11.6 Å². The van der Waals surface area contributed by atoms with E-state index in [2.05, 4.69) is 10.6 Å². The van der Waals surface area contributed by atoms with E-state index in [9.17, 15) is 31.6 Å². The molecule has 27 heavy (non-hydrogen) atoms. The monoisotopic (exact) mass is 401 g/mol. The van der Waals surface area contributed by atoms with Crippen molar-refractivity contribution in [3.8, 4) is 0 Å². The number of nitrogens with one attached hydrogen (secondary N) is 2. The van der Waals surface area contributed by atoms with E-state index in [1.54, 1.807) is 0 Å². The van der Waals surface area contributed by atoms with E-state index in [0.717, 1.165) is 18.2 Å². The number of nitrogens with zero attached hydrogens (tertiary/aromatic N) is 1. The average Bonchev–Trinajstić information content (AvgIpc) is 3.01. The molecular formula is C16H17F2N3O5S. The molecule has 0 radical (unpaired) electrons. The summed E-state index contributed by atoms with van der Waals surface area (Å²) >= 11 is 0. The van der Waals surface area contributed by atoms with Crippen LogP contribution in [0.15, 0.2) is 18.2 Å². The minimum Gasteiger partial charge on any atom is -0.351 e. The average molecular weight is 401 g/mol. The van der Waals surface area contributed by atoms with E-state index in [0.29, 0.717) is 4.90 Å². The van der Waals surface area contributed by atoms with E-state index in [-0.39, 0.29) is 23.5 Å². The second-order valence-corrected chi connectivity index (χ2v) is 8.97. The van der Waals surface area contributed by atoms with Gasteiger partial charge in [0.15, 0.2) is 9.84 Å². The third kappa shape index (κ3) is 3.64. The van der Waals surface area contributed by atoms with Crippen LogP contribution in [0.4, 0.5) is 13.6 Å². The molecule has 3 rings (SSSR count). The summed E-state index contributed by atoms with van der Waals surface area (Å²) in [5, 5.41) is 4.75. The van der Waals surface area contributed by atoms with E-state index >= 15 is 0 Å². The van der Waals surface area contributed by atoms with Crippen LogP contribution < -0.4 is 10.6 Å². The quantitative estimate of drug-likeness (QED) is 0.692. The Balaban J connectivity index is 1.74. The number of sulfone groups is 1. The summed E-state index contributed by atoms with van der Waals surface area (Å²) in [5.74, 6) is -3.54. The Hall–Kier alpha value is -2.56. The lowest BCUT2D eigenvalue weighted by Crippen LogP contribution is -2.46. The largest absolute Gasteiger partial charge is 0.351 e. The lowest BCUT2D eigenvalue weighted by atomic mass is 9.91. The summed E-state index contributed by atoms with van der Waals surface area (Å²) in [5.41, 5.74) is -2.22. The molecule has 0 spiro atoms. The van der Waals surface area contributed by atoms with Gasteiger partial charge in [-0.1, -0.05) is 0 Å². The van der Waals surface area contributed by atoms with Crippen LogP contribution in [-0.4, -0.2) is 55.3 Å². The Labute approximate surface area is 153 Å². The fourth-order valence-electron chi connectivity index (χ4n) is 3.23. The van der Waals surface area contributed by atoms with E-state index in [4.69, 9.17) is 0 Å². The van der Waals surface area contributed by atoms with Crippen LogP contribution in [-0.2, 0) is 25.0 Å². The molecule has 2 aliphatic rings. The third-order valence-electron chi connectivity index (χ3n) is 4.64. The Kier molecular flexibility index (Phi) is 4.66. The Morgan fingerprint density at radius 2 is 2.07 bits per heavy atom. The molecule has 0 saturated carbocycles. The van der Waals surface area contributed by atoms with Crippen molar-refractivity contribution in [1.82, 2.24) is 15.5 Å². The third-order valence-corrected chi connectivity index (χ3v) is 6.41. The second-order valence-electron chi connectivity index (χ2n) is 6.74. The first-order valence-corrected chi connectivity index (χ1v) is 9.93. The molecule has 146 valence electrons. The molecule has 0 unspecified atom stereocenters. The summed E-state index contributed by atoms with van der Waals surface area (Å²) < 4.78 is 50.4. The number of hydrogen-bond acceptors (Lipinski definition) is 5. The highest BCUT2D eigenvalue weighted by Crippen LogP contribution is 2.31. The van der Waals surface area contributed by atoms with Crippen LogP contribution in [0.25, 0.3) is 0 Å². The molecular weight excluding hydrogens is 384 g/mol. The van der Waals surface area contributed by atoms with Gasteiger partial charge >= 0.3 is 6.03 Å². The summed E-state index contributed by atoms with van der Waals surface area (Å²) in [6, 6.07) is 1.01. The zero-order valence-corrected chi connectivity index (χ0v) is 15.1. The van der Waals surface area contributed by atoms with E-state index < -0.39 is 57.4 Å². The first-order chi connectivity index (χ1) is 12.5. The minimum absolute atomic E-state index is 0.0437. The standard InChI is InChI=1S/C16H17F2N3O5S/c1-16(11-6-9(17)2-3-12(11)18)14(23)21(15(24)20-16)7-13(22)19-10-4-5-27(25,26)8-10/h2-3,6,10H,4-5,7-8H2,1H3,(H,19,22)(H,20,24)/t10-,16-/m1/s1. The van der Waals surface area contributed by atoms with Gasteiger partial charge < -0.3 is 10.6 Å². The van der Waals surface area contributed by atoms with Gasteiger partial charge in [0.25, 0.3) is 5.91 Å². The van der Waals surface area contributed by atoms with Gasteiger partial charge in [-0.15, -0.1) is 0 Å². The molecule has 2 N–H and O–H groups in total. The zero-order chi connectivity index (χ0) is 20.0. The van der Waals surface area contributed by atoms with Crippen LogP contribution in [0.1, 0.15) is 18.9 Å². The molecule has 2 aliphatic heterocycles. The molecule has 2 atom stereocenters. The van der Waals surface area contributed by atoms with Crippen molar-refractivity contribution in [3.05, 3.63) is 35.4 Å². The normalized spacial score (nSPS) is 26.9. The van der Waals surface area contributed by atoms with Crippen molar-refractivity contribution in [3.63, 3.8) is 0 Å². The predicted molar refractivity (Wildman–Crippen MR) is 89.2 cm³/mol. The Morgan fingerprint density at radius 1 is 1.37 bits per heavy atom. The van der Waals surface area contributed by atoms with Crippen LogP contribution >= 0.6 is 0 Å². The first kappa shape index (κ1) is 19.2. The fraction of sp³-hybridized carbons (Fsp3) is 0.438. The van der Waals surface area contributed by atoms with Gasteiger partial charge in [-0.25, -0.2) is 22.0 Å².